The van der Waals surface area contributed by atoms with Crippen LogP contribution in [0.3, 0.4) is 0 Å². The van der Waals surface area contributed by atoms with E-state index in [4.69, 9.17) is 21.7 Å². The third-order valence-corrected chi connectivity index (χ3v) is 3.20. The standard InChI is InChI=1S/C14H18N2O2S/c1-14(2)5-6-16(13(19)15-14)10-7-11(17-3)9-12(8-10)18-4/h5-9H,1-4H3,(H,15,19). The Morgan fingerprint density at radius 1 is 1.11 bits per heavy atom. The summed E-state index contributed by atoms with van der Waals surface area (Å²) in [6, 6.07) is 5.66. The lowest BCUT2D eigenvalue weighted by molar-refractivity contribution is 0.394. The molecule has 1 heterocycles. The molecular weight excluding hydrogens is 260 g/mol. The van der Waals surface area contributed by atoms with Gasteiger partial charge in [-0.1, -0.05) is 0 Å². The van der Waals surface area contributed by atoms with Gasteiger partial charge < -0.3 is 14.8 Å². The first-order valence-corrected chi connectivity index (χ1v) is 6.40. The molecule has 0 fully saturated rings. The van der Waals surface area contributed by atoms with E-state index in [1.54, 1.807) is 14.2 Å². The van der Waals surface area contributed by atoms with Gasteiger partial charge in [-0.05, 0) is 32.1 Å². The maximum Gasteiger partial charge on any atom is 0.178 e. The molecule has 0 unspecified atom stereocenters. The molecule has 1 aliphatic rings. The van der Waals surface area contributed by atoms with Gasteiger partial charge in [0.25, 0.3) is 0 Å². The van der Waals surface area contributed by atoms with Crippen molar-refractivity contribution in [2.24, 2.45) is 0 Å². The third-order valence-electron chi connectivity index (χ3n) is 2.90. The molecule has 0 spiro atoms. The number of nitrogens with one attached hydrogen (secondary N) is 1. The molecule has 0 saturated heterocycles. The van der Waals surface area contributed by atoms with Crippen molar-refractivity contribution in [3.05, 3.63) is 30.5 Å². The summed E-state index contributed by atoms with van der Waals surface area (Å²) in [5.74, 6) is 1.46. The van der Waals surface area contributed by atoms with Crippen LogP contribution in [0.15, 0.2) is 30.5 Å². The Morgan fingerprint density at radius 2 is 1.68 bits per heavy atom. The highest BCUT2D eigenvalue weighted by Gasteiger charge is 2.24. The molecular formula is C14H18N2O2S. The van der Waals surface area contributed by atoms with Gasteiger partial charge in [0.15, 0.2) is 5.11 Å². The number of rotatable bonds is 3. The van der Waals surface area contributed by atoms with Crippen LogP contribution >= 0.6 is 12.2 Å². The number of nitrogens with zero attached hydrogens (tertiary/aromatic N) is 1. The van der Waals surface area contributed by atoms with Crippen LogP contribution < -0.4 is 19.7 Å². The number of methoxy groups -OCH3 is 2. The number of ether oxygens (including phenoxy) is 2. The predicted molar refractivity (Wildman–Crippen MR) is 81.0 cm³/mol. The summed E-state index contributed by atoms with van der Waals surface area (Å²) in [7, 11) is 3.26. The molecule has 1 aliphatic heterocycles. The van der Waals surface area contributed by atoms with Crippen molar-refractivity contribution < 1.29 is 9.47 Å². The highest BCUT2D eigenvalue weighted by Crippen LogP contribution is 2.30. The summed E-state index contributed by atoms with van der Waals surface area (Å²) in [6.45, 7) is 4.14. The second kappa shape index (κ2) is 5.09. The molecule has 1 N–H and O–H groups in total. The molecule has 0 saturated carbocycles. The molecule has 2 rings (SSSR count). The Bertz CT molecular complexity index is 504. The summed E-state index contributed by atoms with van der Waals surface area (Å²) < 4.78 is 10.5. The highest BCUT2D eigenvalue weighted by molar-refractivity contribution is 7.80. The van der Waals surface area contributed by atoms with Crippen molar-refractivity contribution in [1.82, 2.24) is 5.32 Å². The van der Waals surface area contributed by atoms with Gasteiger partial charge in [0.2, 0.25) is 0 Å². The lowest BCUT2D eigenvalue weighted by atomic mass is 10.0. The topological polar surface area (TPSA) is 33.7 Å². The maximum absolute atomic E-state index is 5.40. The van der Waals surface area contributed by atoms with E-state index < -0.39 is 0 Å². The highest BCUT2D eigenvalue weighted by atomic mass is 32.1. The number of hydrogen-bond donors (Lipinski definition) is 1. The van der Waals surface area contributed by atoms with E-state index in [-0.39, 0.29) is 5.54 Å². The molecule has 4 nitrogen and oxygen atoms in total. The average Bonchev–Trinajstić information content (AvgIpc) is 2.37. The van der Waals surface area contributed by atoms with Crippen molar-refractivity contribution in [1.29, 1.82) is 0 Å². The molecule has 0 aliphatic carbocycles. The fraction of sp³-hybridized carbons (Fsp3) is 0.357. The lowest BCUT2D eigenvalue weighted by Gasteiger charge is -2.34. The van der Waals surface area contributed by atoms with Gasteiger partial charge in [-0.2, -0.15) is 0 Å². The third kappa shape index (κ3) is 2.98. The van der Waals surface area contributed by atoms with Crippen molar-refractivity contribution in [3.8, 4) is 11.5 Å². The quantitative estimate of drug-likeness (QED) is 0.860. The Kier molecular flexibility index (Phi) is 3.66. The molecule has 102 valence electrons. The van der Waals surface area contributed by atoms with Gasteiger partial charge in [0.05, 0.1) is 25.4 Å². The minimum atomic E-state index is -0.128. The molecule has 5 heteroatoms. The fourth-order valence-electron chi connectivity index (χ4n) is 1.84. The van der Waals surface area contributed by atoms with Gasteiger partial charge in [0.1, 0.15) is 11.5 Å². The molecule has 0 amide bonds. The molecule has 1 aromatic carbocycles. The van der Waals surface area contributed by atoms with Crippen LogP contribution in [0.25, 0.3) is 0 Å². The van der Waals surface area contributed by atoms with E-state index in [1.807, 2.05) is 29.3 Å². The molecule has 0 radical (unpaired) electrons. The summed E-state index contributed by atoms with van der Waals surface area (Å²) in [4.78, 5) is 1.89. The minimum Gasteiger partial charge on any atom is -0.497 e. The summed E-state index contributed by atoms with van der Waals surface area (Å²) >= 11 is 5.40. The van der Waals surface area contributed by atoms with Crippen molar-refractivity contribution in [3.63, 3.8) is 0 Å². The van der Waals surface area contributed by atoms with Crippen LogP contribution in [0.4, 0.5) is 5.69 Å². The fourth-order valence-corrected chi connectivity index (χ4v) is 2.27. The number of anilines is 1. The van der Waals surface area contributed by atoms with Gasteiger partial charge in [-0.15, -0.1) is 0 Å². The van der Waals surface area contributed by atoms with Gasteiger partial charge in [0, 0.05) is 24.4 Å². The van der Waals surface area contributed by atoms with Crippen LogP contribution in [0.1, 0.15) is 13.8 Å². The monoisotopic (exact) mass is 278 g/mol. The Labute approximate surface area is 119 Å². The van der Waals surface area contributed by atoms with E-state index in [1.165, 1.54) is 0 Å². The lowest BCUT2D eigenvalue weighted by Crippen LogP contribution is -2.51. The minimum absolute atomic E-state index is 0.128. The van der Waals surface area contributed by atoms with E-state index >= 15 is 0 Å². The first-order valence-electron chi connectivity index (χ1n) is 5.99. The van der Waals surface area contributed by atoms with Crippen molar-refractivity contribution in [2.75, 3.05) is 19.1 Å². The summed E-state index contributed by atoms with van der Waals surface area (Å²) in [6.07, 6.45) is 4.03. The smallest absolute Gasteiger partial charge is 0.178 e. The van der Waals surface area contributed by atoms with E-state index in [0.717, 1.165) is 17.2 Å². The van der Waals surface area contributed by atoms with Gasteiger partial charge in [-0.3, -0.25) is 4.90 Å². The van der Waals surface area contributed by atoms with Crippen LogP contribution in [0, 0.1) is 0 Å². The van der Waals surface area contributed by atoms with Crippen molar-refractivity contribution in [2.45, 2.75) is 19.4 Å². The Hall–Kier alpha value is -1.75. The Balaban J connectivity index is 2.39. The Morgan fingerprint density at radius 3 is 2.16 bits per heavy atom. The second-order valence-corrected chi connectivity index (χ2v) is 5.30. The molecule has 0 bridgehead atoms. The predicted octanol–water partition coefficient (Wildman–Crippen LogP) is 2.69. The summed E-state index contributed by atoms with van der Waals surface area (Å²) in [5.41, 5.74) is 0.775. The van der Waals surface area contributed by atoms with Gasteiger partial charge in [-0.25, -0.2) is 0 Å². The molecule has 0 atom stereocenters. The number of benzene rings is 1. The van der Waals surface area contributed by atoms with Gasteiger partial charge >= 0.3 is 0 Å². The van der Waals surface area contributed by atoms with Crippen LogP contribution in [-0.4, -0.2) is 24.9 Å². The molecule has 0 aromatic heterocycles. The normalized spacial score (nSPS) is 17.1. The summed E-state index contributed by atoms with van der Waals surface area (Å²) in [5, 5.41) is 3.92. The van der Waals surface area contributed by atoms with E-state index in [2.05, 4.69) is 25.2 Å². The second-order valence-electron chi connectivity index (χ2n) is 4.91. The first-order chi connectivity index (χ1) is 8.95. The maximum atomic E-state index is 5.40. The number of thiocarbonyl (C=S) groups is 1. The number of hydrogen-bond acceptors (Lipinski definition) is 3. The van der Waals surface area contributed by atoms with Crippen LogP contribution in [0.2, 0.25) is 0 Å². The van der Waals surface area contributed by atoms with E-state index in [9.17, 15) is 0 Å². The largest absolute Gasteiger partial charge is 0.497 e. The molecule has 1 aromatic rings. The van der Waals surface area contributed by atoms with E-state index in [0.29, 0.717) is 5.11 Å². The average molecular weight is 278 g/mol. The van der Waals surface area contributed by atoms with Crippen molar-refractivity contribution >= 4 is 23.0 Å². The first kappa shape index (κ1) is 13.7. The molecule has 19 heavy (non-hydrogen) atoms. The zero-order valence-corrected chi connectivity index (χ0v) is 12.4. The zero-order valence-electron chi connectivity index (χ0n) is 11.6. The van der Waals surface area contributed by atoms with Crippen LogP contribution in [0.5, 0.6) is 11.5 Å². The van der Waals surface area contributed by atoms with Crippen LogP contribution in [-0.2, 0) is 0 Å². The SMILES string of the molecule is COc1cc(OC)cc(N2C=CC(C)(C)NC2=S)c1. The zero-order chi connectivity index (χ0) is 14.0.